The van der Waals surface area contributed by atoms with Crippen LogP contribution >= 0.6 is 22.7 Å². The SMILES string of the molecule is Cc1ccc(F)cc1NC(=O)Cc1csc(-c2cccs2)n1. The topological polar surface area (TPSA) is 42.0 Å². The van der Waals surface area contributed by atoms with Gasteiger partial charge in [0.2, 0.25) is 5.91 Å². The molecule has 112 valence electrons. The number of halogens is 1. The van der Waals surface area contributed by atoms with E-state index in [0.717, 1.165) is 21.1 Å². The Labute approximate surface area is 135 Å². The van der Waals surface area contributed by atoms with Gasteiger partial charge in [-0.3, -0.25) is 4.79 Å². The van der Waals surface area contributed by atoms with Crippen LogP contribution in [0, 0.1) is 12.7 Å². The highest BCUT2D eigenvalue weighted by molar-refractivity contribution is 7.20. The Bertz CT molecular complexity index is 796. The lowest BCUT2D eigenvalue weighted by Crippen LogP contribution is -2.15. The van der Waals surface area contributed by atoms with E-state index in [9.17, 15) is 9.18 Å². The van der Waals surface area contributed by atoms with Gasteiger partial charge in [-0.25, -0.2) is 9.37 Å². The smallest absolute Gasteiger partial charge is 0.230 e. The van der Waals surface area contributed by atoms with Crippen molar-refractivity contribution in [3.63, 3.8) is 0 Å². The lowest BCUT2D eigenvalue weighted by molar-refractivity contribution is -0.115. The summed E-state index contributed by atoms with van der Waals surface area (Å²) in [5, 5.41) is 7.53. The molecule has 3 aromatic rings. The predicted octanol–water partition coefficient (Wildman–Crippen LogP) is 4.50. The zero-order chi connectivity index (χ0) is 15.5. The molecule has 0 saturated heterocycles. The number of nitrogens with one attached hydrogen (secondary N) is 1. The standard InChI is InChI=1S/C16H13FN2OS2/c1-10-4-5-11(17)7-13(10)19-15(20)8-12-9-22-16(18-12)14-3-2-6-21-14/h2-7,9H,8H2,1H3,(H,19,20). The van der Waals surface area contributed by atoms with Crippen LogP contribution in [0.5, 0.6) is 0 Å². The highest BCUT2D eigenvalue weighted by atomic mass is 32.1. The minimum Gasteiger partial charge on any atom is -0.325 e. The van der Waals surface area contributed by atoms with E-state index in [2.05, 4.69) is 10.3 Å². The maximum atomic E-state index is 13.2. The Balaban J connectivity index is 1.68. The third-order valence-corrected chi connectivity index (χ3v) is 5.03. The van der Waals surface area contributed by atoms with E-state index in [-0.39, 0.29) is 18.1 Å². The third kappa shape index (κ3) is 3.40. The highest BCUT2D eigenvalue weighted by Crippen LogP contribution is 2.28. The number of amides is 1. The quantitative estimate of drug-likeness (QED) is 0.764. The summed E-state index contributed by atoms with van der Waals surface area (Å²) in [4.78, 5) is 17.6. The zero-order valence-corrected chi connectivity index (χ0v) is 13.4. The molecule has 2 heterocycles. The molecule has 3 rings (SSSR count). The fraction of sp³-hybridized carbons (Fsp3) is 0.125. The summed E-state index contributed by atoms with van der Waals surface area (Å²) in [6.07, 6.45) is 0.178. The summed E-state index contributed by atoms with van der Waals surface area (Å²) < 4.78 is 13.2. The number of hydrogen-bond acceptors (Lipinski definition) is 4. The normalized spacial score (nSPS) is 10.6. The number of thiazole rings is 1. The molecular weight excluding hydrogens is 319 g/mol. The maximum absolute atomic E-state index is 13.2. The van der Waals surface area contributed by atoms with Gasteiger partial charge in [-0.15, -0.1) is 22.7 Å². The van der Waals surface area contributed by atoms with Gasteiger partial charge in [-0.1, -0.05) is 12.1 Å². The predicted molar refractivity (Wildman–Crippen MR) is 88.9 cm³/mol. The Hall–Kier alpha value is -2.05. The molecule has 0 spiro atoms. The first-order valence-corrected chi connectivity index (χ1v) is 8.42. The Morgan fingerprint density at radius 3 is 2.95 bits per heavy atom. The van der Waals surface area contributed by atoms with Crippen molar-refractivity contribution in [3.05, 3.63) is 58.2 Å². The zero-order valence-electron chi connectivity index (χ0n) is 11.8. The van der Waals surface area contributed by atoms with Crippen molar-refractivity contribution >= 4 is 34.3 Å². The van der Waals surface area contributed by atoms with Crippen molar-refractivity contribution in [2.45, 2.75) is 13.3 Å². The van der Waals surface area contributed by atoms with Crippen LogP contribution in [0.4, 0.5) is 10.1 Å². The maximum Gasteiger partial charge on any atom is 0.230 e. The molecular formula is C16H13FN2OS2. The third-order valence-electron chi connectivity index (χ3n) is 3.10. The molecule has 1 aromatic carbocycles. The van der Waals surface area contributed by atoms with Gasteiger partial charge in [0, 0.05) is 11.1 Å². The second-order valence-corrected chi connectivity index (χ2v) is 6.61. The lowest BCUT2D eigenvalue weighted by Gasteiger charge is -2.07. The molecule has 0 atom stereocenters. The van der Waals surface area contributed by atoms with Crippen molar-refractivity contribution in [2.75, 3.05) is 5.32 Å². The van der Waals surface area contributed by atoms with Crippen molar-refractivity contribution in [3.8, 4) is 9.88 Å². The molecule has 0 saturated carbocycles. The number of benzene rings is 1. The Morgan fingerprint density at radius 1 is 1.32 bits per heavy atom. The second-order valence-electron chi connectivity index (χ2n) is 4.81. The molecule has 1 amide bonds. The number of anilines is 1. The fourth-order valence-corrected chi connectivity index (χ4v) is 3.62. The monoisotopic (exact) mass is 332 g/mol. The molecule has 0 aliphatic heterocycles. The van der Waals surface area contributed by atoms with Gasteiger partial charge in [0.05, 0.1) is 17.0 Å². The second kappa shape index (κ2) is 6.37. The largest absolute Gasteiger partial charge is 0.325 e. The van der Waals surface area contributed by atoms with Gasteiger partial charge in [0.1, 0.15) is 10.8 Å². The summed E-state index contributed by atoms with van der Waals surface area (Å²) in [7, 11) is 0. The van der Waals surface area contributed by atoms with Crippen molar-refractivity contribution < 1.29 is 9.18 Å². The average Bonchev–Trinajstić information content (AvgIpc) is 3.13. The summed E-state index contributed by atoms with van der Waals surface area (Å²) in [6, 6.07) is 8.32. The van der Waals surface area contributed by atoms with Gasteiger partial charge >= 0.3 is 0 Å². The Morgan fingerprint density at radius 2 is 2.18 bits per heavy atom. The van der Waals surface area contributed by atoms with Gasteiger partial charge in [0.25, 0.3) is 0 Å². The van der Waals surface area contributed by atoms with Gasteiger partial charge < -0.3 is 5.32 Å². The Kier molecular flexibility index (Phi) is 4.31. The number of carbonyl (C=O) groups is 1. The van der Waals surface area contributed by atoms with E-state index in [4.69, 9.17) is 0 Å². The molecule has 0 aliphatic carbocycles. The van der Waals surface area contributed by atoms with Gasteiger partial charge in [0.15, 0.2) is 0 Å². The van der Waals surface area contributed by atoms with E-state index < -0.39 is 0 Å². The molecule has 2 aromatic heterocycles. The first-order chi connectivity index (χ1) is 10.6. The molecule has 0 radical (unpaired) electrons. The van der Waals surface area contributed by atoms with E-state index in [1.165, 1.54) is 23.5 Å². The van der Waals surface area contributed by atoms with E-state index in [1.807, 2.05) is 29.8 Å². The lowest BCUT2D eigenvalue weighted by atomic mass is 10.2. The van der Waals surface area contributed by atoms with Crippen LogP contribution in [-0.2, 0) is 11.2 Å². The summed E-state index contributed by atoms with van der Waals surface area (Å²) in [5.74, 6) is -0.564. The number of carbonyl (C=O) groups excluding carboxylic acids is 1. The number of rotatable bonds is 4. The number of thiophene rings is 1. The van der Waals surface area contributed by atoms with Crippen LogP contribution in [0.1, 0.15) is 11.3 Å². The van der Waals surface area contributed by atoms with Crippen LogP contribution in [0.15, 0.2) is 41.1 Å². The minimum absolute atomic E-state index is 0.178. The van der Waals surface area contributed by atoms with Crippen LogP contribution in [0.2, 0.25) is 0 Å². The summed E-state index contributed by atoms with van der Waals surface area (Å²) in [6.45, 7) is 1.83. The van der Waals surface area contributed by atoms with Crippen LogP contribution in [0.25, 0.3) is 9.88 Å². The highest BCUT2D eigenvalue weighted by Gasteiger charge is 2.11. The van der Waals surface area contributed by atoms with Crippen molar-refractivity contribution in [2.24, 2.45) is 0 Å². The molecule has 1 N–H and O–H groups in total. The number of aryl methyl sites for hydroxylation is 1. The van der Waals surface area contributed by atoms with Gasteiger partial charge in [-0.2, -0.15) is 0 Å². The fourth-order valence-electron chi connectivity index (χ4n) is 1.99. The van der Waals surface area contributed by atoms with Crippen LogP contribution in [0.3, 0.4) is 0 Å². The van der Waals surface area contributed by atoms with Gasteiger partial charge in [-0.05, 0) is 36.1 Å². The molecule has 22 heavy (non-hydrogen) atoms. The minimum atomic E-state index is -0.366. The number of hydrogen-bond donors (Lipinski definition) is 1. The first kappa shape index (κ1) is 14.9. The molecule has 0 aliphatic rings. The first-order valence-electron chi connectivity index (χ1n) is 6.66. The van der Waals surface area contributed by atoms with E-state index in [0.29, 0.717) is 5.69 Å². The molecule has 6 heteroatoms. The van der Waals surface area contributed by atoms with E-state index in [1.54, 1.807) is 17.4 Å². The van der Waals surface area contributed by atoms with E-state index >= 15 is 0 Å². The molecule has 0 fully saturated rings. The van der Waals surface area contributed by atoms with Crippen LogP contribution in [-0.4, -0.2) is 10.9 Å². The number of nitrogens with zero attached hydrogens (tertiary/aromatic N) is 1. The average molecular weight is 332 g/mol. The number of aromatic nitrogens is 1. The molecule has 0 unspecified atom stereocenters. The van der Waals surface area contributed by atoms with Crippen molar-refractivity contribution in [1.82, 2.24) is 4.98 Å². The summed E-state index contributed by atoms with van der Waals surface area (Å²) >= 11 is 3.14. The molecule has 3 nitrogen and oxygen atoms in total. The van der Waals surface area contributed by atoms with Crippen LogP contribution < -0.4 is 5.32 Å². The summed E-state index contributed by atoms with van der Waals surface area (Å²) in [5.41, 5.74) is 2.05. The van der Waals surface area contributed by atoms with Crippen molar-refractivity contribution in [1.29, 1.82) is 0 Å². The molecule has 0 bridgehead atoms.